The summed E-state index contributed by atoms with van der Waals surface area (Å²) in [5, 5.41) is 3.80. The smallest absolute Gasteiger partial charge is 0.261 e. The number of anilines is 2. The number of carbonyl (C=O) groups excluding carboxylic acids is 1. The van der Waals surface area contributed by atoms with Crippen LogP contribution in [0.25, 0.3) is 10.2 Å². The molecule has 1 amide bonds. The molecule has 30 heavy (non-hydrogen) atoms. The van der Waals surface area contributed by atoms with Crippen molar-refractivity contribution in [2.75, 3.05) is 10.0 Å². The van der Waals surface area contributed by atoms with Crippen LogP contribution in [0.2, 0.25) is 0 Å². The highest BCUT2D eigenvalue weighted by Gasteiger charge is 2.16. The molecular weight excluding hydrogens is 418 g/mol. The standard InChI is InChI=1S/C22H19N3O3S2/c1-14-5-3-4-6-19(14)25-30(27,28)18-10-7-16(8-11-18)22(26)24-17-9-12-20-21(13-17)29-15(2)23-20/h3-13,25H,1-2H3,(H,24,26). The highest BCUT2D eigenvalue weighted by Crippen LogP contribution is 2.25. The van der Waals surface area contributed by atoms with E-state index >= 15 is 0 Å². The second kappa shape index (κ2) is 7.89. The van der Waals surface area contributed by atoms with E-state index in [1.807, 2.05) is 38.1 Å². The lowest BCUT2D eigenvalue weighted by Gasteiger charge is -2.11. The molecule has 6 nitrogen and oxygen atoms in total. The number of nitrogens with one attached hydrogen (secondary N) is 2. The first-order valence-electron chi connectivity index (χ1n) is 9.19. The summed E-state index contributed by atoms with van der Waals surface area (Å²) in [7, 11) is -3.75. The Hall–Kier alpha value is -3.23. The van der Waals surface area contributed by atoms with Gasteiger partial charge in [-0.3, -0.25) is 9.52 Å². The Kier molecular flexibility index (Phi) is 5.27. The number of hydrogen-bond donors (Lipinski definition) is 2. The number of thiazole rings is 1. The lowest BCUT2D eigenvalue weighted by molar-refractivity contribution is 0.102. The van der Waals surface area contributed by atoms with E-state index < -0.39 is 10.0 Å². The molecule has 1 aromatic heterocycles. The lowest BCUT2D eigenvalue weighted by atomic mass is 10.2. The van der Waals surface area contributed by atoms with Crippen LogP contribution in [0, 0.1) is 13.8 Å². The SMILES string of the molecule is Cc1nc2ccc(NC(=O)c3ccc(S(=O)(=O)Nc4ccccc4C)cc3)cc2s1. The van der Waals surface area contributed by atoms with Gasteiger partial charge in [0.25, 0.3) is 15.9 Å². The highest BCUT2D eigenvalue weighted by molar-refractivity contribution is 7.92. The predicted molar refractivity (Wildman–Crippen MR) is 121 cm³/mol. The van der Waals surface area contributed by atoms with E-state index in [0.29, 0.717) is 16.9 Å². The molecule has 0 saturated heterocycles. The Bertz CT molecular complexity index is 1340. The van der Waals surface area contributed by atoms with Crippen LogP contribution in [0.4, 0.5) is 11.4 Å². The molecule has 152 valence electrons. The maximum Gasteiger partial charge on any atom is 0.261 e. The van der Waals surface area contributed by atoms with Crippen LogP contribution in [0.15, 0.2) is 71.6 Å². The Morgan fingerprint density at radius 2 is 1.70 bits per heavy atom. The summed E-state index contributed by atoms with van der Waals surface area (Å²) in [6.07, 6.45) is 0. The molecule has 0 aliphatic carbocycles. The summed E-state index contributed by atoms with van der Waals surface area (Å²) in [4.78, 5) is 17.1. The van der Waals surface area contributed by atoms with Gasteiger partial charge in [0.05, 0.1) is 25.8 Å². The minimum atomic E-state index is -3.75. The molecule has 2 N–H and O–H groups in total. The van der Waals surface area contributed by atoms with Crippen LogP contribution >= 0.6 is 11.3 Å². The van der Waals surface area contributed by atoms with Crippen molar-refractivity contribution in [1.29, 1.82) is 0 Å². The molecule has 0 saturated carbocycles. The van der Waals surface area contributed by atoms with Crippen LogP contribution in [-0.4, -0.2) is 19.3 Å². The third-order valence-corrected chi connectivity index (χ3v) is 6.88. The molecule has 3 aromatic carbocycles. The van der Waals surface area contributed by atoms with Gasteiger partial charge in [-0.1, -0.05) is 18.2 Å². The van der Waals surface area contributed by atoms with E-state index in [1.165, 1.54) is 24.3 Å². The average molecular weight is 438 g/mol. The topological polar surface area (TPSA) is 88.2 Å². The van der Waals surface area contributed by atoms with Crippen molar-refractivity contribution >= 4 is 48.9 Å². The first-order chi connectivity index (χ1) is 14.3. The molecule has 4 rings (SSSR count). The van der Waals surface area contributed by atoms with Crippen LogP contribution in [-0.2, 0) is 10.0 Å². The van der Waals surface area contributed by atoms with Crippen molar-refractivity contribution in [3.05, 3.63) is 82.9 Å². The number of aryl methyl sites for hydroxylation is 2. The second-order valence-corrected chi connectivity index (χ2v) is 9.73. The van der Waals surface area contributed by atoms with Crippen molar-refractivity contribution < 1.29 is 13.2 Å². The van der Waals surface area contributed by atoms with Gasteiger partial charge in [0.2, 0.25) is 0 Å². The number of carbonyl (C=O) groups is 1. The molecule has 0 radical (unpaired) electrons. The first-order valence-corrected chi connectivity index (χ1v) is 11.5. The van der Waals surface area contributed by atoms with Gasteiger partial charge >= 0.3 is 0 Å². The number of benzene rings is 3. The molecule has 0 bridgehead atoms. The second-order valence-electron chi connectivity index (χ2n) is 6.81. The fourth-order valence-corrected chi connectivity index (χ4v) is 4.99. The lowest BCUT2D eigenvalue weighted by Crippen LogP contribution is -2.15. The van der Waals surface area contributed by atoms with Crippen molar-refractivity contribution in [1.82, 2.24) is 4.98 Å². The zero-order valence-corrected chi connectivity index (χ0v) is 18.0. The monoisotopic (exact) mass is 437 g/mol. The number of sulfonamides is 1. The summed E-state index contributed by atoms with van der Waals surface area (Å²) in [6, 6.07) is 18.5. The first kappa shape index (κ1) is 20.1. The van der Waals surface area contributed by atoms with Crippen LogP contribution < -0.4 is 10.0 Å². The Morgan fingerprint density at radius 1 is 0.967 bits per heavy atom. The zero-order valence-electron chi connectivity index (χ0n) is 16.3. The van der Waals surface area contributed by atoms with Gasteiger partial charge in [-0.05, 0) is 67.9 Å². The minimum absolute atomic E-state index is 0.0869. The largest absolute Gasteiger partial charge is 0.322 e. The minimum Gasteiger partial charge on any atom is -0.322 e. The van der Waals surface area contributed by atoms with E-state index in [9.17, 15) is 13.2 Å². The van der Waals surface area contributed by atoms with E-state index in [-0.39, 0.29) is 10.8 Å². The third-order valence-electron chi connectivity index (χ3n) is 4.57. The summed E-state index contributed by atoms with van der Waals surface area (Å²) < 4.78 is 28.8. The van der Waals surface area contributed by atoms with Gasteiger partial charge in [-0.2, -0.15) is 0 Å². The van der Waals surface area contributed by atoms with Crippen LogP contribution in [0.3, 0.4) is 0 Å². The molecular formula is C22H19N3O3S2. The molecule has 0 atom stereocenters. The molecule has 0 unspecified atom stereocenters. The summed E-state index contributed by atoms with van der Waals surface area (Å²) in [6.45, 7) is 3.77. The molecule has 0 aliphatic rings. The molecule has 0 fully saturated rings. The number of rotatable bonds is 5. The van der Waals surface area contributed by atoms with Gasteiger partial charge in [0.1, 0.15) is 0 Å². The number of aromatic nitrogens is 1. The number of hydrogen-bond acceptors (Lipinski definition) is 5. The van der Waals surface area contributed by atoms with E-state index in [0.717, 1.165) is 20.8 Å². The van der Waals surface area contributed by atoms with E-state index in [2.05, 4.69) is 15.0 Å². The zero-order chi connectivity index (χ0) is 21.3. The molecule has 4 aromatic rings. The van der Waals surface area contributed by atoms with Gasteiger partial charge in [-0.25, -0.2) is 13.4 Å². The van der Waals surface area contributed by atoms with Crippen molar-refractivity contribution in [3.63, 3.8) is 0 Å². The fraction of sp³-hybridized carbons (Fsp3) is 0.0909. The van der Waals surface area contributed by atoms with Gasteiger partial charge < -0.3 is 5.32 Å². The van der Waals surface area contributed by atoms with Crippen LogP contribution in [0.1, 0.15) is 20.9 Å². The number of para-hydroxylation sites is 1. The predicted octanol–water partition coefficient (Wildman–Crippen LogP) is 4.97. The van der Waals surface area contributed by atoms with Gasteiger partial charge in [0.15, 0.2) is 0 Å². The quantitative estimate of drug-likeness (QED) is 0.462. The number of fused-ring (bicyclic) bond motifs is 1. The summed E-state index contributed by atoms with van der Waals surface area (Å²) >= 11 is 1.56. The van der Waals surface area contributed by atoms with Crippen molar-refractivity contribution in [2.45, 2.75) is 18.7 Å². The fourth-order valence-electron chi connectivity index (χ4n) is 3.00. The van der Waals surface area contributed by atoms with E-state index in [4.69, 9.17) is 0 Å². The maximum atomic E-state index is 12.6. The Balaban J connectivity index is 1.50. The molecule has 1 heterocycles. The Morgan fingerprint density at radius 3 is 2.43 bits per heavy atom. The van der Waals surface area contributed by atoms with Crippen LogP contribution in [0.5, 0.6) is 0 Å². The summed E-state index contributed by atoms with van der Waals surface area (Å²) in [5.41, 5.74) is 3.27. The Labute approximate surface area is 178 Å². The number of nitrogens with zero attached hydrogens (tertiary/aromatic N) is 1. The third kappa shape index (κ3) is 4.19. The highest BCUT2D eigenvalue weighted by atomic mass is 32.2. The van der Waals surface area contributed by atoms with Crippen molar-refractivity contribution in [2.24, 2.45) is 0 Å². The number of amides is 1. The summed E-state index contributed by atoms with van der Waals surface area (Å²) in [5.74, 6) is -0.314. The van der Waals surface area contributed by atoms with Crippen molar-refractivity contribution in [3.8, 4) is 0 Å². The molecule has 0 aliphatic heterocycles. The molecule has 0 spiro atoms. The molecule has 8 heteroatoms. The average Bonchev–Trinajstić information content (AvgIpc) is 3.09. The maximum absolute atomic E-state index is 12.6. The van der Waals surface area contributed by atoms with Gasteiger partial charge in [0, 0.05) is 11.3 Å². The normalized spacial score (nSPS) is 11.4. The van der Waals surface area contributed by atoms with E-state index in [1.54, 1.807) is 29.5 Å². The van der Waals surface area contributed by atoms with Gasteiger partial charge in [-0.15, -0.1) is 11.3 Å².